The molecule has 0 saturated heterocycles. The Labute approximate surface area is 129 Å². The van der Waals surface area contributed by atoms with Gasteiger partial charge in [0, 0.05) is 31.7 Å². The maximum atomic E-state index is 5.27. The van der Waals surface area contributed by atoms with Gasteiger partial charge in [0.15, 0.2) is 0 Å². The third-order valence-electron chi connectivity index (χ3n) is 4.27. The zero-order chi connectivity index (χ0) is 14.1. The Morgan fingerprint density at radius 1 is 1.35 bits per heavy atom. The van der Waals surface area contributed by atoms with E-state index in [2.05, 4.69) is 32.7 Å². The van der Waals surface area contributed by atoms with Crippen LogP contribution in [-0.4, -0.2) is 36.3 Å². The van der Waals surface area contributed by atoms with E-state index in [-0.39, 0.29) is 0 Å². The minimum atomic E-state index is 0.527. The largest absolute Gasteiger partial charge is 0.383 e. The highest BCUT2D eigenvalue weighted by Crippen LogP contribution is 2.40. The molecule has 2 aliphatic rings. The molecule has 5 heteroatoms. The van der Waals surface area contributed by atoms with E-state index in [0.717, 1.165) is 35.3 Å². The number of aromatic nitrogens is 2. The highest BCUT2D eigenvalue weighted by Gasteiger charge is 2.34. The zero-order valence-electron chi connectivity index (χ0n) is 12.2. The van der Waals surface area contributed by atoms with Crippen molar-refractivity contribution in [2.24, 2.45) is 5.92 Å². The number of hydrogen-bond acceptors (Lipinski definition) is 4. The summed E-state index contributed by atoms with van der Waals surface area (Å²) in [6, 6.07) is 2.57. The van der Waals surface area contributed by atoms with Gasteiger partial charge in [-0.05, 0) is 54.5 Å². The Morgan fingerprint density at radius 3 is 2.70 bits per heavy atom. The van der Waals surface area contributed by atoms with Crippen LogP contribution in [0.5, 0.6) is 0 Å². The van der Waals surface area contributed by atoms with Crippen molar-refractivity contribution < 1.29 is 4.74 Å². The Balaban J connectivity index is 1.84. The van der Waals surface area contributed by atoms with E-state index in [9.17, 15) is 0 Å². The summed E-state index contributed by atoms with van der Waals surface area (Å²) >= 11 is 3.54. The van der Waals surface area contributed by atoms with E-state index >= 15 is 0 Å². The van der Waals surface area contributed by atoms with E-state index in [1.165, 1.54) is 25.7 Å². The highest BCUT2D eigenvalue weighted by molar-refractivity contribution is 9.10. The van der Waals surface area contributed by atoms with Crippen molar-refractivity contribution in [1.82, 2.24) is 9.97 Å². The molecule has 1 atom stereocenters. The fourth-order valence-electron chi connectivity index (χ4n) is 2.64. The summed E-state index contributed by atoms with van der Waals surface area (Å²) in [5, 5.41) is 0. The molecule has 0 radical (unpaired) electrons. The van der Waals surface area contributed by atoms with Crippen molar-refractivity contribution in [3.05, 3.63) is 16.5 Å². The van der Waals surface area contributed by atoms with Crippen LogP contribution in [0.1, 0.15) is 44.3 Å². The smallest absolute Gasteiger partial charge is 0.135 e. The maximum absolute atomic E-state index is 5.27. The first-order chi connectivity index (χ1) is 9.69. The normalized spacial score (nSPS) is 19.9. The second-order valence-electron chi connectivity index (χ2n) is 5.95. The molecule has 2 fully saturated rings. The molecule has 3 rings (SSSR count). The van der Waals surface area contributed by atoms with Crippen LogP contribution in [0.25, 0.3) is 0 Å². The molecule has 4 nitrogen and oxygen atoms in total. The number of anilines is 1. The molecular weight excluding hydrogens is 318 g/mol. The van der Waals surface area contributed by atoms with Crippen molar-refractivity contribution in [2.45, 2.75) is 44.6 Å². The zero-order valence-corrected chi connectivity index (χ0v) is 13.8. The SMILES string of the molecule is COCCN(c1cc(Br)nc(C2CC2)n1)C(C)C1CC1. The predicted octanol–water partition coefficient (Wildman–Crippen LogP) is 3.37. The number of methoxy groups -OCH3 is 1. The summed E-state index contributed by atoms with van der Waals surface area (Å²) in [4.78, 5) is 11.7. The van der Waals surface area contributed by atoms with E-state index in [4.69, 9.17) is 9.72 Å². The van der Waals surface area contributed by atoms with Crippen LogP contribution in [0.2, 0.25) is 0 Å². The monoisotopic (exact) mass is 339 g/mol. The molecule has 0 amide bonds. The van der Waals surface area contributed by atoms with Gasteiger partial charge in [0.1, 0.15) is 16.2 Å². The van der Waals surface area contributed by atoms with Crippen LogP contribution in [0.15, 0.2) is 10.7 Å². The second kappa shape index (κ2) is 5.98. The lowest BCUT2D eigenvalue weighted by Gasteiger charge is -2.30. The van der Waals surface area contributed by atoms with Gasteiger partial charge in [0.25, 0.3) is 0 Å². The summed E-state index contributed by atoms with van der Waals surface area (Å²) in [7, 11) is 1.76. The number of halogens is 1. The summed E-state index contributed by atoms with van der Waals surface area (Å²) < 4.78 is 6.17. The minimum Gasteiger partial charge on any atom is -0.383 e. The number of ether oxygens (including phenoxy) is 1. The highest BCUT2D eigenvalue weighted by atomic mass is 79.9. The Bertz CT molecular complexity index is 474. The van der Waals surface area contributed by atoms with Crippen LogP contribution in [0.3, 0.4) is 0 Å². The first-order valence-corrected chi connectivity index (χ1v) is 8.28. The maximum Gasteiger partial charge on any atom is 0.135 e. The van der Waals surface area contributed by atoms with Crippen LogP contribution in [-0.2, 0) is 4.74 Å². The first-order valence-electron chi connectivity index (χ1n) is 7.49. The van der Waals surface area contributed by atoms with Gasteiger partial charge in [0.2, 0.25) is 0 Å². The minimum absolute atomic E-state index is 0.527. The standard InChI is InChI=1S/C15H22BrN3O/c1-10(11-3-4-11)19(7-8-20-2)14-9-13(16)17-15(18-14)12-5-6-12/h9-12H,3-8H2,1-2H3. The third kappa shape index (κ3) is 3.31. The molecule has 20 heavy (non-hydrogen) atoms. The molecule has 0 aliphatic heterocycles. The summed E-state index contributed by atoms with van der Waals surface area (Å²) in [5.74, 6) is 3.43. The lowest BCUT2D eigenvalue weighted by Crippen LogP contribution is -2.38. The summed E-state index contributed by atoms with van der Waals surface area (Å²) in [5.41, 5.74) is 0. The van der Waals surface area contributed by atoms with Crippen molar-refractivity contribution in [1.29, 1.82) is 0 Å². The molecule has 1 aromatic heterocycles. The molecule has 1 unspecified atom stereocenters. The van der Waals surface area contributed by atoms with E-state index < -0.39 is 0 Å². The van der Waals surface area contributed by atoms with Gasteiger partial charge in [-0.2, -0.15) is 0 Å². The Hall–Kier alpha value is -0.680. The van der Waals surface area contributed by atoms with Gasteiger partial charge >= 0.3 is 0 Å². The number of nitrogens with zero attached hydrogens (tertiary/aromatic N) is 3. The average molecular weight is 340 g/mol. The molecule has 2 aliphatic carbocycles. The number of rotatable bonds is 7. The van der Waals surface area contributed by atoms with E-state index in [1.807, 2.05) is 6.07 Å². The molecule has 2 saturated carbocycles. The fourth-order valence-corrected chi connectivity index (χ4v) is 3.03. The van der Waals surface area contributed by atoms with Gasteiger partial charge < -0.3 is 9.64 Å². The molecule has 110 valence electrons. The second-order valence-corrected chi connectivity index (χ2v) is 6.76. The summed E-state index contributed by atoms with van der Waals surface area (Å²) in [6.45, 7) is 3.93. The molecule has 0 aromatic carbocycles. The fraction of sp³-hybridized carbons (Fsp3) is 0.733. The first kappa shape index (κ1) is 14.3. The van der Waals surface area contributed by atoms with E-state index in [1.54, 1.807) is 7.11 Å². The van der Waals surface area contributed by atoms with Crippen molar-refractivity contribution in [2.75, 3.05) is 25.2 Å². The van der Waals surface area contributed by atoms with E-state index in [0.29, 0.717) is 12.0 Å². The third-order valence-corrected chi connectivity index (χ3v) is 4.67. The average Bonchev–Trinajstić information content (AvgIpc) is 3.31. The lowest BCUT2D eigenvalue weighted by molar-refractivity contribution is 0.202. The lowest BCUT2D eigenvalue weighted by atomic mass is 10.2. The Morgan fingerprint density at radius 2 is 2.10 bits per heavy atom. The molecule has 1 aromatic rings. The van der Waals surface area contributed by atoms with Crippen LogP contribution >= 0.6 is 15.9 Å². The van der Waals surface area contributed by atoms with Crippen LogP contribution < -0.4 is 4.90 Å². The van der Waals surface area contributed by atoms with Gasteiger partial charge in [0.05, 0.1) is 6.61 Å². The predicted molar refractivity (Wildman–Crippen MR) is 83.1 cm³/mol. The van der Waals surface area contributed by atoms with Crippen LogP contribution in [0.4, 0.5) is 5.82 Å². The molecule has 0 bridgehead atoms. The van der Waals surface area contributed by atoms with Crippen molar-refractivity contribution >= 4 is 21.7 Å². The quantitative estimate of drug-likeness (QED) is 0.714. The topological polar surface area (TPSA) is 38.2 Å². The van der Waals surface area contributed by atoms with Gasteiger partial charge in [-0.1, -0.05) is 0 Å². The van der Waals surface area contributed by atoms with Gasteiger partial charge in [-0.25, -0.2) is 9.97 Å². The Kier molecular flexibility index (Phi) is 4.26. The molecule has 0 spiro atoms. The van der Waals surface area contributed by atoms with Gasteiger partial charge in [-0.15, -0.1) is 0 Å². The summed E-state index contributed by atoms with van der Waals surface area (Å²) in [6.07, 6.45) is 5.14. The van der Waals surface area contributed by atoms with Crippen molar-refractivity contribution in [3.63, 3.8) is 0 Å². The molecular formula is C15H22BrN3O. The van der Waals surface area contributed by atoms with Gasteiger partial charge in [-0.3, -0.25) is 0 Å². The molecule has 1 heterocycles. The van der Waals surface area contributed by atoms with Crippen molar-refractivity contribution in [3.8, 4) is 0 Å². The van der Waals surface area contributed by atoms with Crippen LogP contribution in [0, 0.1) is 5.92 Å². The molecule has 0 N–H and O–H groups in total. The number of hydrogen-bond donors (Lipinski definition) is 0.